The second kappa shape index (κ2) is 9.57. The number of carbonyl (C=O) groups is 2. The van der Waals surface area contributed by atoms with Gasteiger partial charge in [0.15, 0.2) is 6.10 Å². The molecule has 7 nitrogen and oxygen atoms in total. The minimum Gasteiger partial charge on any atom is -0.449 e. The number of carbonyl (C=O) groups excluding carboxylic acids is 2. The molecule has 0 bridgehead atoms. The largest absolute Gasteiger partial charge is 0.449 e. The van der Waals surface area contributed by atoms with Crippen LogP contribution in [-0.2, 0) is 26.1 Å². The lowest BCUT2D eigenvalue weighted by Crippen LogP contribution is -2.37. The average Bonchev–Trinajstić information content (AvgIpc) is 3.29. The van der Waals surface area contributed by atoms with Crippen LogP contribution in [0.5, 0.6) is 0 Å². The summed E-state index contributed by atoms with van der Waals surface area (Å²) in [4.78, 5) is 26.4. The van der Waals surface area contributed by atoms with Crippen LogP contribution in [0.1, 0.15) is 35.7 Å². The topological polar surface area (TPSA) is 84.0 Å². The van der Waals surface area contributed by atoms with Crippen LogP contribution in [0.3, 0.4) is 0 Å². The lowest BCUT2D eigenvalue weighted by molar-refractivity contribution is -0.139. The van der Waals surface area contributed by atoms with E-state index in [4.69, 9.17) is 4.74 Å². The molecule has 0 aliphatic carbocycles. The number of rotatable bonds is 7. The summed E-state index contributed by atoms with van der Waals surface area (Å²) in [5.74, 6) is -1.65. The lowest BCUT2D eigenvalue weighted by Gasteiger charge is -2.22. The van der Waals surface area contributed by atoms with E-state index in [2.05, 4.69) is 0 Å². The molecule has 1 heterocycles. The summed E-state index contributed by atoms with van der Waals surface area (Å²) in [7, 11) is -2.14. The summed E-state index contributed by atoms with van der Waals surface area (Å²) in [5, 5.41) is 0. The van der Waals surface area contributed by atoms with Gasteiger partial charge in [0, 0.05) is 26.7 Å². The smallest absolute Gasteiger partial charge is 0.338 e. The molecule has 0 aromatic heterocycles. The maximum absolute atomic E-state index is 13.3. The number of halogens is 1. The third-order valence-electron chi connectivity index (χ3n) is 5.09. The molecule has 1 amide bonds. The van der Waals surface area contributed by atoms with Gasteiger partial charge in [-0.05, 0) is 55.7 Å². The highest BCUT2D eigenvalue weighted by Gasteiger charge is 2.28. The van der Waals surface area contributed by atoms with E-state index < -0.39 is 33.8 Å². The van der Waals surface area contributed by atoms with E-state index in [1.807, 2.05) is 0 Å². The molecular weight excluding hydrogens is 423 g/mol. The van der Waals surface area contributed by atoms with Gasteiger partial charge in [0.25, 0.3) is 5.91 Å². The highest BCUT2D eigenvalue weighted by Crippen LogP contribution is 2.22. The molecule has 0 N–H and O–H groups in total. The molecule has 3 rings (SSSR count). The molecule has 1 aliphatic heterocycles. The van der Waals surface area contributed by atoms with E-state index in [1.54, 1.807) is 12.1 Å². The lowest BCUT2D eigenvalue weighted by atomic mass is 10.2. The van der Waals surface area contributed by atoms with Gasteiger partial charge in [0.2, 0.25) is 10.0 Å². The molecular formula is C22H25FN2O5S. The molecule has 1 unspecified atom stereocenters. The van der Waals surface area contributed by atoms with Crippen molar-refractivity contribution in [3.63, 3.8) is 0 Å². The summed E-state index contributed by atoms with van der Waals surface area (Å²) in [6, 6.07) is 11.5. The second-order valence-corrected chi connectivity index (χ2v) is 9.45. The van der Waals surface area contributed by atoms with Crippen molar-refractivity contribution in [2.24, 2.45) is 0 Å². The first-order valence-electron chi connectivity index (χ1n) is 9.99. The number of nitrogens with zero attached hydrogens (tertiary/aromatic N) is 2. The van der Waals surface area contributed by atoms with Crippen LogP contribution >= 0.6 is 0 Å². The minimum absolute atomic E-state index is 0.0195. The third-order valence-corrected chi connectivity index (χ3v) is 6.98. The van der Waals surface area contributed by atoms with Gasteiger partial charge >= 0.3 is 5.97 Å². The van der Waals surface area contributed by atoms with E-state index >= 15 is 0 Å². The Hall–Kier alpha value is -2.78. The van der Waals surface area contributed by atoms with Gasteiger partial charge in [-0.15, -0.1) is 0 Å². The van der Waals surface area contributed by atoms with E-state index in [1.165, 1.54) is 59.6 Å². The van der Waals surface area contributed by atoms with Crippen molar-refractivity contribution in [2.45, 2.75) is 37.3 Å². The summed E-state index contributed by atoms with van der Waals surface area (Å²) in [6.07, 6.45) is 0.526. The Kier molecular flexibility index (Phi) is 7.07. The molecule has 31 heavy (non-hydrogen) atoms. The van der Waals surface area contributed by atoms with E-state index in [0.29, 0.717) is 18.7 Å². The van der Waals surface area contributed by atoms with Gasteiger partial charge in [-0.2, -0.15) is 4.31 Å². The second-order valence-electron chi connectivity index (χ2n) is 7.51. The Morgan fingerprint density at radius 3 is 2.48 bits per heavy atom. The number of esters is 1. The van der Waals surface area contributed by atoms with Crippen molar-refractivity contribution < 1.29 is 27.1 Å². The molecule has 9 heteroatoms. The molecule has 2 aromatic carbocycles. The van der Waals surface area contributed by atoms with Crippen molar-refractivity contribution in [1.29, 1.82) is 0 Å². The van der Waals surface area contributed by atoms with Crippen LogP contribution in [0.4, 0.5) is 4.39 Å². The molecule has 166 valence electrons. The molecule has 1 saturated heterocycles. The first kappa shape index (κ1) is 22.9. The van der Waals surface area contributed by atoms with Crippen LogP contribution in [0.2, 0.25) is 0 Å². The number of hydrogen-bond acceptors (Lipinski definition) is 5. The summed E-state index contributed by atoms with van der Waals surface area (Å²) in [6.45, 7) is 2.51. The fourth-order valence-corrected chi connectivity index (χ4v) is 5.00. The van der Waals surface area contributed by atoms with Crippen molar-refractivity contribution in [3.05, 3.63) is 65.5 Å². The normalized spacial score (nSPS) is 15.5. The predicted octanol–water partition coefficient (Wildman–Crippen LogP) is 2.81. The van der Waals surface area contributed by atoms with Crippen molar-refractivity contribution >= 4 is 21.9 Å². The summed E-state index contributed by atoms with van der Waals surface area (Å²) >= 11 is 0. The Balaban J connectivity index is 1.66. The minimum atomic E-state index is -3.67. The molecule has 1 atom stereocenters. The summed E-state index contributed by atoms with van der Waals surface area (Å²) < 4.78 is 45.4. The van der Waals surface area contributed by atoms with Gasteiger partial charge in [0.05, 0.1) is 10.5 Å². The number of hydrogen-bond donors (Lipinski definition) is 0. The van der Waals surface area contributed by atoms with Crippen molar-refractivity contribution in [3.8, 4) is 0 Å². The van der Waals surface area contributed by atoms with Crippen LogP contribution in [0, 0.1) is 5.82 Å². The van der Waals surface area contributed by atoms with Crippen LogP contribution < -0.4 is 0 Å². The fraction of sp³-hybridized carbons (Fsp3) is 0.364. The zero-order chi connectivity index (χ0) is 22.6. The van der Waals surface area contributed by atoms with E-state index in [9.17, 15) is 22.4 Å². The zero-order valence-corrected chi connectivity index (χ0v) is 18.3. The van der Waals surface area contributed by atoms with Crippen molar-refractivity contribution in [1.82, 2.24) is 9.21 Å². The van der Waals surface area contributed by atoms with Gasteiger partial charge in [-0.1, -0.05) is 18.2 Å². The monoisotopic (exact) mass is 448 g/mol. The van der Waals surface area contributed by atoms with Gasteiger partial charge in [-0.25, -0.2) is 17.6 Å². The molecule has 0 saturated carbocycles. The maximum Gasteiger partial charge on any atom is 0.338 e. The number of likely N-dealkylation sites (N-methyl/N-ethyl adjacent to an activating group) is 1. The first-order chi connectivity index (χ1) is 14.7. The highest BCUT2D eigenvalue weighted by atomic mass is 32.2. The predicted molar refractivity (Wildman–Crippen MR) is 112 cm³/mol. The zero-order valence-electron chi connectivity index (χ0n) is 17.5. The Bertz CT molecular complexity index is 1070. The van der Waals surface area contributed by atoms with Gasteiger partial charge < -0.3 is 9.64 Å². The standard InChI is InChI=1S/C22H25FN2O5S/c1-16(21(26)24(2)15-17-7-5-9-19(23)13-17)30-22(27)18-8-6-10-20(14-18)31(28,29)25-11-3-4-12-25/h5-10,13-14,16H,3-4,11-12,15H2,1-2H3. The van der Waals surface area contributed by atoms with Gasteiger partial charge in [-0.3, -0.25) is 4.79 Å². The number of amides is 1. The SMILES string of the molecule is CC(OC(=O)c1cccc(S(=O)(=O)N2CCCC2)c1)C(=O)N(C)Cc1cccc(F)c1. The first-order valence-corrected chi connectivity index (χ1v) is 11.4. The Labute approximate surface area is 181 Å². The molecule has 0 radical (unpaired) electrons. The Morgan fingerprint density at radius 1 is 1.13 bits per heavy atom. The van der Waals surface area contributed by atoms with Gasteiger partial charge in [0.1, 0.15) is 5.82 Å². The Morgan fingerprint density at radius 2 is 1.81 bits per heavy atom. The number of benzene rings is 2. The quantitative estimate of drug-likeness (QED) is 0.608. The molecule has 2 aromatic rings. The van der Waals surface area contributed by atoms with Crippen molar-refractivity contribution in [2.75, 3.05) is 20.1 Å². The van der Waals surface area contributed by atoms with Crippen LogP contribution in [0.15, 0.2) is 53.4 Å². The summed E-state index contributed by atoms with van der Waals surface area (Å²) in [5.41, 5.74) is 0.655. The maximum atomic E-state index is 13.3. The van der Waals surface area contributed by atoms with E-state index in [-0.39, 0.29) is 17.0 Å². The molecule has 0 spiro atoms. The number of ether oxygens (including phenoxy) is 1. The molecule has 1 fully saturated rings. The fourth-order valence-electron chi connectivity index (χ4n) is 3.44. The van der Waals surface area contributed by atoms with Crippen LogP contribution in [0.25, 0.3) is 0 Å². The number of sulfonamides is 1. The van der Waals surface area contributed by atoms with E-state index in [0.717, 1.165) is 12.8 Å². The average molecular weight is 449 g/mol. The highest BCUT2D eigenvalue weighted by molar-refractivity contribution is 7.89. The molecule has 1 aliphatic rings. The van der Waals surface area contributed by atoms with Crippen LogP contribution in [-0.4, -0.2) is 55.7 Å². The third kappa shape index (κ3) is 5.48.